The van der Waals surface area contributed by atoms with Crippen LogP contribution in [-0.4, -0.2) is 22.1 Å². The molecule has 1 aromatic heterocycles. The van der Waals surface area contributed by atoms with Gasteiger partial charge in [0.25, 0.3) is 0 Å². The van der Waals surface area contributed by atoms with Gasteiger partial charge in [-0.2, -0.15) is 0 Å². The molecule has 1 aliphatic carbocycles. The summed E-state index contributed by atoms with van der Waals surface area (Å²) in [5.74, 6) is 0.692. The molecule has 1 saturated carbocycles. The van der Waals surface area contributed by atoms with Crippen LogP contribution in [0.2, 0.25) is 0 Å². The SMILES string of the molecule is CCCc1cc(OC2CCC(N)C2)ncn1. The Morgan fingerprint density at radius 3 is 3.00 bits per heavy atom. The van der Waals surface area contributed by atoms with E-state index in [9.17, 15) is 0 Å². The molecule has 0 spiro atoms. The number of hydrogen-bond donors (Lipinski definition) is 1. The van der Waals surface area contributed by atoms with E-state index >= 15 is 0 Å². The second-order valence-electron chi connectivity index (χ2n) is 4.41. The molecule has 2 atom stereocenters. The van der Waals surface area contributed by atoms with Crippen LogP contribution in [0.1, 0.15) is 38.3 Å². The van der Waals surface area contributed by atoms with Gasteiger partial charge in [-0.3, -0.25) is 0 Å². The average molecular weight is 221 g/mol. The maximum absolute atomic E-state index is 5.84. The molecular formula is C12H19N3O. The normalized spacial score (nSPS) is 24.6. The van der Waals surface area contributed by atoms with E-state index in [4.69, 9.17) is 10.5 Å². The summed E-state index contributed by atoms with van der Waals surface area (Å²) in [5.41, 5.74) is 6.89. The summed E-state index contributed by atoms with van der Waals surface area (Å²) in [6.45, 7) is 2.14. The Morgan fingerprint density at radius 2 is 2.31 bits per heavy atom. The van der Waals surface area contributed by atoms with Gasteiger partial charge in [0, 0.05) is 17.8 Å². The summed E-state index contributed by atoms with van der Waals surface area (Å²) < 4.78 is 5.80. The molecule has 0 aromatic carbocycles. The smallest absolute Gasteiger partial charge is 0.216 e. The van der Waals surface area contributed by atoms with Crippen molar-refractivity contribution >= 4 is 0 Å². The Labute approximate surface area is 96.2 Å². The van der Waals surface area contributed by atoms with Crippen LogP contribution in [0.15, 0.2) is 12.4 Å². The molecule has 16 heavy (non-hydrogen) atoms. The summed E-state index contributed by atoms with van der Waals surface area (Å²) in [7, 11) is 0. The predicted octanol–water partition coefficient (Wildman–Crippen LogP) is 1.69. The molecule has 2 unspecified atom stereocenters. The number of nitrogens with two attached hydrogens (primary N) is 1. The highest BCUT2D eigenvalue weighted by atomic mass is 16.5. The topological polar surface area (TPSA) is 61.0 Å². The van der Waals surface area contributed by atoms with Gasteiger partial charge < -0.3 is 10.5 Å². The molecule has 4 heteroatoms. The van der Waals surface area contributed by atoms with Crippen molar-refractivity contribution in [2.45, 2.75) is 51.2 Å². The standard InChI is InChI=1S/C12H19N3O/c1-2-3-10-7-12(15-8-14-10)16-11-5-4-9(13)6-11/h7-9,11H,2-6,13H2,1H3. The zero-order valence-corrected chi connectivity index (χ0v) is 9.72. The minimum absolute atomic E-state index is 0.236. The van der Waals surface area contributed by atoms with Crippen molar-refractivity contribution < 1.29 is 4.74 Å². The molecule has 0 radical (unpaired) electrons. The van der Waals surface area contributed by atoms with Crippen molar-refractivity contribution in [2.75, 3.05) is 0 Å². The van der Waals surface area contributed by atoms with Gasteiger partial charge in [0.2, 0.25) is 5.88 Å². The van der Waals surface area contributed by atoms with E-state index in [-0.39, 0.29) is 6.10 Å². The number of aromatic nitrogens is 2. The van der Waals surface area contributed by atoms with Crippen LogP contribution in [0.25, 0.3) is 0 Å². The van der Waals surface area contributed by atoms with E-state index in [0.29, 0.717) is 11.9 Å². The fourth-order valence-electron chi connectivity index (χ4n) is 2.09. The summed E-state index contributed by atoms with van der Waals surface area (Å²) in [4.78, 5) is 8.34. The number of rotatable bonds is 4. The predicted molar refractivity (Wildman–Crippen MR) is 62.3 cm³/mol. The fourth-order valence-corrected chi connectivity index (χ4v) is 2.09. The number of aryl methyl sites for hydroxylation is 1. The highest BCUT2D eigenvalue weighted by Gasteiger charge is 2.23. The van der Waals surface area contributed by atoms with Crippen LogP contribution in [-0.2, 0) is 6.42 Å². The summed E-state index contributed by atoms with van der Waals surface area (Å²) >= 11 is 0. The first-order valence-electron chi connectivity index (χ1n) is 6.01. The molecule has 1 aromatic rings. The first-order valence-corrected chi connectivity index (χ1v) is 6.01. The van der Waals surface area contributed by atoms with Gasteiger partial charge in [-0.1, -0.05) is 13.3 Å². The Morgan fingerprint density at radius 1 is 1.44 bits per heavy atom. The molecule has 0 bridgehead atoms. The van der Waals surface area contributed by atoms with Crippen LogP contribution >= 0.6 is 0 Å². The summed E-state index contributed by atoms with van der Waals surface area (Å²) in [6, 6.07) is 2.23. The lowest BCUT2D eigenvalue weighted by molar-refractivity contribution is 0.199. The molecule has 2 rings (SSSR count). The van der Waals surface area contributed by atoms with Gasteiger partial charge >= 0.3 is 0 Å². The van der Waals surface area contributed by atoms with Gasteiger partial charge in [-0.15, -0.1) is 0 Å². The molecule has 4 nitrogen and oxygen atoms in total. The fraction of sp³-hybridized carbons (Fsp3) is 0.667. The average Bonchev–Trinajstić information content (AvgIpc) is 2.65. The maximum Gasteiger partial charge on any atom is 0.216 e. The number of hydrogen-bond acceptors (Lipinski definition) is 4. The van der Waals surface area contributed by atoms with Crippen molar-refractivity contribution in [3.8, 4) is 5.88 Å². The van der Waals surface area contributed by atoms with E-state index < -0.39 is 0 Å². The quantitative estimate of drug-likeness (QED) is 0.840. The highest BCUT2D eigenvalue weighted by Crippen LogP contribution is 2.22. The van der Waals surface area contributed by atoms with Gasteiger partial charge in [-0.05, 0) is 25.7 Å². The summed E-state index contributed by atoms with van der Waals surface area (Å²) in [6.07, 6.45) is 6.90. The third kappa shape index (κ3) is 2.92. The van der Waals surface area contributed by atoms with Crippen LogP contribution in [0.3, 0.4) is 0 Å². The van der Waals surface area contributed by atoms with E-state index in [1.54, 1.807) is 6.33 Å². The largest absolute Gasteiger partial charge is 0.474 e. The van der Waals surface area contributed by atoms with Crippen molar-refractivity contribution in [3.63, 3.8) is 0 Å². The molecular weight excluding hydrogens is 202 g/mol. The summed E-state index contributed by atoms with van der Waals surface area (Å²) in [5, 5.41) is 0. The van der Waals surface area contributed by atoms with Crippen molar-refractivity contribution in [3.05, 3.63) is 18.1 Å². The van der Waals surface area contributed by atoms with Crippen LogP contribution in [0.5, 0.6) is 5.88 Å². The first-order chi connectivity index (χ1) is 7.78. The maximum atomic E-state index is 5.84. The third-order valence-electron chi connectivity index (χ3n) is 2.92. The second kappa shape index (κ2) is 5.25. The Kier molecular flexibility index (Phi) is 3.72. The molecule has 1 heterocycles. The Balaban J connectivity index is 1.95. The van der Waals surface area contributed by atoms with E-state index in [0.717, 1.165) is 37.8 Å². The lowest BCUT2D eigenvalue weighted by Gasteiger charge is -2.12. The van der Waals surface area contributed by atoms with Crippen LogP contribution < -0.4 is 10.5 Å². The van der Waals surface area contributed by atoms with Crippen LogP contribution in [0, 0.1) is 0 Å². The molecule has 2 N–H and O–H groups in total. The zero-order valence-electron chi connectivity index (χ0n) is 9.72. The van der Waals surface area contributed by atoms with E-state index in [2.05, 4.69) is 16.9 Å². The molecule has 0 aliphatic heterocycles. The molecule has 0 saturated heterocycles. The molecule has 1 aliphatic rings. The monoisotopic (exact) mass is 221 g/mol. The lowest BCUT2D eigenvalue weighted by Crippen LogP contribution is -2.19. The van der Waals surface area contributed by atoms with E-state index in [1.807, 2.05) is 6.07 Å². The van der Waals surface area contributed by atoms with E-state index in [1.165, 1.54) is 0 Å². The second-order valence-corrected chi connectivity index (χ2v) is 4.41. The third-order valence-corrected chi connectivity index (χ3v) is 2.92. The minimum atomic E-state index is 0.236. The number of ether oxygens (including phenoxy) is 1. The van der Waals surface area contributed by atoms with Crippen molar-refractivity contribution in [2.24, 2.45) is 5.73 Å². The van der Waals surface area contributed by atoms with Crippen LogP contribution in [0.4, 0.5) is 0 Å². The Hall–Kier alpha value is -1.16. The minimum Gasteiger partial charge on any atom is -0.474 e. The number of nitrogens with zero attached hydrogens (tertiary/aromatic N) is 2. The molecule has 1 fully saturated rings. The van der Waals surface area contributed by atoms with Gasteiger partial charge in [-0.25, -0.2) is 9.97 Å². The van der Waals surface area contributed by atoms with Gasteiger partial charge in [0.15, 0.2) is 0 Å². The van der Waals surface area contributed by atoms with Crippen molar-refractivity contribution in [1.82, 2.24) is 9.97 Å². The molecule has 88 valence electrons. The van der Waals surface area contributed by atoms with Crippen molar-refractivity contribution in [1.29, 1.82) is 0 Å². The van der Waals surface area contributed by atoms with Gasteiger partial charge in [0.05, 0.1) is 0 Å². The van der Waals surface area contributed by atoms with Gasteiger partial charge in [0.1, 0.15) is 12.4 Å². The Bertz CT molecular complexity index is 343. The first kappa shape index (κ1) is 11.3. The zero-order chi connectivity index (χ0) is 11.4. The highest BCUT2D eigenvalue weighted by molar-refractivity contribution is 5.14. The lowest BCUT2D eigenvalue weighted by atomic mass is 10.2. The molecule has 0 amide bonds.